The first-order valence-corrected chi connectivity index (χ1v) is 9.57. The van der Waals surface area contributed by atoms with Crippen LogP contribution < -0.4 is 11.1 Å². The van der Waals surface area contributed by atoms with Crippen LogP contribution in [0.4, 0.5) is 0 Å². The summed E-state index contributed by atoms with van der Waals surface area (Å²) >= 11 is 0. The van der Waals surface area contributed by atoms with Crippen LogP contribution in [0.25, 0.3) is 0 Å². The monoisotopic (exact) mass is 325 g/mol. The molecular weight excluding hydrogens is 298 g/mol. The lowest BCUT2D eigenvalue weighted by atomic mass is 10.1. The number of guanidine groups is 1. The molecule has 0 saturated carbocycles. The van der Waals surface area contributed by atoms with Crippen molar-refractivity contribution >= 4 is 15.8 Å². The second-order valence-corrected chi connectivity index (χ2v) is 7.55. The van der Waals surface area contributed by atoms with Gasteiger partial charge >= 0.3 is 0 Å². The number of aryl methyl sites for hydroxylation is 1. The van der Waals surface area contributed by atoms with Gasteiger partial charge < -0.3 is 11.1 Å². The van der Waals surface area contributed by atoms with Gasteiger partial charge in [-0.2, -0.15) is 0 Å². The molecule has 6 heteroatoms. The Bertz CT molecular complexity index is 610. The van der Waals surface area contributed by atoms with Gasteiger partial charge in [0.05, 0.1) is 11.4 Å². The fourth-order valence-electron chi connectivity index (χ4n) is 2.23. The predicted octanol–water partition coefficient (Wildman–Crippen LogP) is 2.38. The average molecular weight is 325 g/mol. The van der Waals surface area contributed by atoms with E-state index in [1.165, 1.54) is 25.5 Å². The Morgan fingerprint density at radius 2 is 2.00 bits per heavy atom. The van der Waals surface area contributed by atoms with Crippen molar-refractivity contribution in [2.75, 3.05) is 12.8 Å². The van der Waals surface area contributed by atoms with E-state index >= 15 is 0 Å². The summed E-state index contributed by atoms with van der Waals surface area (Å²) in [6.45, 7) is 5.25. The third-order valence-electron chi connectivity index (χ3n) is 3.41. The fourth-order valence-corrected chi connectivity index (χ4v) is 3.19. The van der Waals surface area contributed by atoms with Crippen molar-refractivity contribution < 1.29 is 8.42 Å². The summed E-state index contributed by atoms with van der Waals surface area (Å²) in [6.07, 6.45) is 5.96. The van der Waals surface area contributed by atoms with E-state index in [9.17, 15) is 8.42 Å². The molecule has 1 aromatic carbocycles. The molecule has 0 saturated heterocycles. The Morgan fingerprint density at radius 1 is 1.27 bits per heavy atom. The maximum absolute atomic E-state index is 11.6. The van der Waals surface area contributed by atoms with Crippen molar-refractivity contribution in [3.8, 4) is 0 Å². The number of benzene rings is 1. The molecule has 3 N–H and O–H groups in total. The van der Waals surface area contributed by atoms with Crippen LogP contribution >= 0.6 is 0 Å². The van der Waals surface area contributed by atoms with Crippen LogP contribution in [0.2, 0.25) is 0 Å². The first kappa shape index (κ1) is 18.5. The standard InChI is InChI=1S/C16H27N3O2S/c1-4-5-6-7-10-18-16(17)19-12-14-8-9-15(13(2)11-14)22(3,20)21/h8-9,11H,4-7,10,12H2,1-3H3,(H3,17,18,19). The largest absolute Gasteiger partial charge is 0.370 e. The third kappa shape index (κ3) is 6.47. The fraction of sp³-hybridized carbons (Fsp3) is 0.562. The number of nitrogens with two attached hydrogens (primary N) is 1. The van der Waals surface area contributed by atoms with Gasteiger partial charge in [0.15, 0.2) is 15.8 Å². The van der Waals surface area contributed by atoms with Gasteiger partial charge in [0, 0.05) is 12.8 Å². The molecule has 0 unspecified atom stereocenters. The lowest BCUT2D eigenvalue weighted by molar-refractivity contribution is 0.601. The Kier molecular flexibility index (Phi) is 7.38. The Morgan fingerprint density at radius 3 is 2.59 bits per heavy atom. The maximum Gasteiger partial charge on any atom is 0.188 e. The molecule has 0 heterocycles. The summed E-state index contributed by atoms with van der Waals surface area (Å²) in [7, 11) is -3.17. The average Bonchev–Trinajstić information content (AvgIpc) is 2.43. The molecule has 0 amide bonds. The van der Waals surface area contributed by atoms with E-state index in [2.05, 4.69) is 17.2 Å². The number of nitrogens with one attached hydrogen (secondary N) is 1. The number of hydrogen-bond acceptors (Lipinski definition) is 3. The summed E-state index contributed by atoms with van der Waals surface area (Å²) in [4.78, 5) is 4.64. The van der Waals surface area contributed by atoms with Crippen molar-refractivity contribution in [3.05, 3.63) is 29.3 Å². The Hall–Kier alpha value is -1.56. The van der Waals surface area contributed by atoms with Crippen LogP contribution in [0.15, 0.2) is 28.1 Å². The molecule has 0 aliphatic carbocycles. The number of aliphatic imine (C=N–C) groups is 1. The Balaban J connectivity index is 2.53. The van der Waals surface area contributed by atoms with Crippen LogP contribution in [-0.2, 0) is 16.4 Å². The van der Waals surface area contributed by atoms with Gasteiger partial charge in [-0.3, -0.25) is 0 Å². The summed E-state index contributed by atoms with van der Waals surface area (Å²) in [5, 5.41) is 3.09. The highest BCUT2D eigenvalue weighted by Gasteiger charge is 2.10. The highest BCUT2D eigenvalue weighted by Crippen LogP contribution is 2.17. The molecule has 0 spiro atoms. The van der Waals surface area contributed by atoms with Gasteiger partial charge in [0.25, 0.3) is 0 Å². The van der Waals surface area contributed by atoms with Gasteiger partial charge in [-0.1, -0.05) is 38.3 Å². The highest BCUT2D eigenvalue weighted by molar-refractivity contribution is 7.90. The van der Waals surface area contributed by atoms with Crippen molar-refractivity contribution in [1.29, 1.82) is 0 Å². The number of sulfone groups is 1. The molecule has 0 radical (unpaired) electrons. The number of unbranched alkanes of at least 4 members (excludes halogenated alkanes) is 3. The quantitative estimate of drug-likeness (QED) is 0.436. The Labute approximate surface area is 133 Å². The molecule has 0 aliphatic rings. The van der Waals surface area contributed by atoms with Crippen LogP contribution in [-0.4, -0.2) is 27.2 Å². The van der Waals surface area contributed by atoms with Gasteiger partial charge in [-0.15, -0.1) is 0 Å². The van der Waals surface area contributed by atoms with E-state index in [0.29, 0.717) is 17.4 Å². The van der Waals surface area contributed by atoms with E-state index in [4.69, 9.17) is 5.73 Å². The van der Waals surface area contributed by atoms with E-state index in [1.807, 2.05) is 6.07 Å². The molecule has 124 valence electrons. The second-order valence-electron chi connectivity index (χ2n) is 5.56. The molecule has 0 fully saturated rings. The zero-order chi connectivity index (χ0) is 16.6. The molecule has 1 aromatic rings. The van der Waals surface area contributed by atoms with Crippen molar-refractivity contribution in [2.24, 2.45) is 10.7 Å². The van der Waals surface area contributed by atoms with Gasteiger partial charge in [0.1, 0.15) is 0 Å². The molecule has 1 rings (SSSR count). The lowest BCUT2D eigenvalue weighted by Crippen LogP contribution is -2.32. The summed E-state index contributed by atoms with van der Waals surface area (Å²) in [6, 6.07) is 5.25. The van der Waals surface area contributed by atoms with Crippen molar-refractivity contribution in [1.82, 2.24) is 5.32 Å². The van der Waals surface area contributed by atoms with Crippen LogP contribution in [0.5, 0.6) is 0 Å². The smallest absolute Gasteiger partial charge is 0.188 e. The zero-order valence-corrected chi connectivity index (χ0v) is 14.5. The van der Waals surface area contributed by atoms with Crippen LogP contribution in [0.1, 0.15) is 43.7 Å². The molecule has 5 nitrogen and oxygen atoms in total. The van der Waals surface area contributed by atoms with Gasteiger partial charge in [-0.25, -0.2) is 13.4 Å². The molecule has 0 bridgehead atoms. The summed E-state index contributed by atoms with van der Waals surface area (Å²) < 4.78 is 23.1. The number of rotatable bonds is 8. The molecule has 0 aliphatic heterocycles. The van der Waals surface area contributed by atoms with Crippen LogP contribution in [0.3, 0.4) is 0 Å². The molecular formula is C16H27N3O2S. The minimum absolute atomic E-state index is 0.363. The molecule has 0 atom stereocenters. The first-order chi connectivity index (χ1) is 10.3. The van der Waals surface area contributed by atoms with E-state index in [-0.39, 0.29) is 0 Å². The van der Waals surface area contributed by atoms with Crippen molar-refractivity contribution in [2.45, 2.75) is 51.0 Å². The normalized spacial score (nSPS) is 12.4. The highest BCUT2D eigenvalue weighted by atomic mass is 32.2. The van der Waals surface area contributed by atoms with Gasteiger partial charge in [-0.05, 0) is 30.5 Å². The lowest BCUT2D eigenvalue weighted by Gasteiger charge is -2.07. The minimum Gasteiger partial charge on any atom is -0.370 e. The topological polar surface area (TPSA) is 84.5 Å². The zero-order valence-electron chi connectivity index (χ0n) is 13.7. The number of hydrogen-bond donors (Lipinski definition) is 2. The van der Waals surface area contributed by atoms with Crippen LogP contribution in [0, 0.1) is 6.92 Å². The number of nitrogens with zero attached hydrogens (tertiary/aromatic N) is 1. The maximum atomic E-state index is 11.6. The van der Waals surface area contributed by atoms with Gasteiger partial charge in [0.2, 0.25) is 0 Å². The van der Waals surface area contributed by atoms with E-state index in [0.717, 1.165) is 24.1 Å². The summed E-state index contributed by atoms with van der Waals surface area (Å²) in [5.74, 6) is 0.432. The van der Waals surface area contributed by atoms with Crippen molar-refractivity contribution in [3.63, 3.8) is 0 Å². The van der Waals surface area contributed by atoms with E-state index < -0.39 is 9.84 Å². The second kappa shape index (κ2) is 8.78. The van der Waals surface area contributed by atoms with E-state index in [1.54, 1.807) is 19.1 Å². The summed E-state index contributed by atoms with van der Waals surface area (Å²) in [5.41, 5.74) is 7.50. The SMILES string of the molecule is CCCCCCNC(N)=NCc1ccc(S(C)(=O)=O)c(C)c1. The molecule has 0 aromatic heterocycles. The third-order valence-corrected chi connectivity index (χ3v) is 4.66. The predicted molar refractivity (Wildman–Crippen MR) is 91.8 cm³/mol. The first-order valence-electron chi connectivity index (χ1n) is 7.68. The molecule has 22 heavy (non-hydrogen) atoms. The minimum atomic E-state index is -3.17.